The normalized spacial score (nSPS) is 22.1. The van der Waals surface area contributed by atoms with Crippen LogP contribution in [0.4, 0.5) is 4.79 Å². The number of rotatable bonds is 8. The minimum absolute atomic E-state index is 0.207. The number of morpholine rings is 2. The first-order valence-electron chi connectivity index (χ1n) is 11.3. The zero-order valence-corrected chi connectivity index (χ0v) is 19.1. The Morgan fingerprint density at radius 2 is 1.68 bits per heavy atom. The highest BCUT2D eigenvalue weighted by atomic mass is 16.5. The summed E-state index contributed by atoms with van der Waals surface area (Å²) in [6.07, 6.45) is 2.90. The standard InChI is InChI=1S/C24H36N4O3/c1-24(2,3)28(23(29)30)13-12-27-17-21-15-26(16-22(18-27)31-21)11-5-4-6-19-7-9-20(14-25)10-8-19/h7-10,21-22H,4-6,11-13,15-18H2,1-3H3,(H,29,30). The molecular formula is C24H36N4O3. The minimum atomic E-state index is -0.854. The van der Waals surface area contributed by atoms with Crippen LogP contribution in [0, 0.1) is 11.3 Å². The molecule has 0 saturated carbocycles. The summed E-state index contributed by atoms with van der Waals surface area (Å²) in [5, 5.41) is 18.4. The molecule has 1 aromatic rings. The SMILES string of the molecule is CC(C)(C)N(CCN1CC2CN(CCCCc3ccc(C#N)cc3)CC(C1)O2)C(=O)O. The maximum Gasteiger partial charge on any atom is 0.407 e. The Labute approximate surface area is 186 Å². The lowest BCUT2D eigenvalue weighted by atomic mass is 10.0. The van der Waals surface area contributed by atoms with Crippen LogP contribution in [0.1, 0.15) is 44.7 Å². The third-order valence-electron chi connectivity index (χ3n) is 6.19. The number of ether oxygens (including phenoxy) is 1. The van der Waals surface area contributed by atoms with Crippen LogP contribution in [-0.4, -0.2) is 89.5 Å². The van der Waals surface area contributed by atoms with Crippen LogP contribution in [0.5, 0.6) is 0 Å². The number of benzene rings is 1. The molecule has 1 N–H and O–H groups in total. The van der Waals surface area contributed by atoms with Gasteiger partial charge in [0.15, 0.2) is 0 Å². The second-order valence-electron chi connectivity index (χ2n) is 9.77. The van der Waals surface area contributed by atoms with Crippen molar-refractivity contribution in [2.24, 2.45) is 0 Å². The van der Waals surface area contributed by atoms with Crippen molar-refractivity contribution < 1.29 is 14.6 Å². The van der Waals surface area contributed by atoms with E-state index in [1.165, 1.54) is 10.5 Å². The average Bonchev–Trinajstić information content (AvgIpc) is 2.70. The van der Waals surface area contributed by atoms with Gasteiger partial charge in [-0.15, -0.1) is 0 Å². The molecule has 0 radical (unpaired) electrons. The summed E-state index contributed by atoms with van der Waals surface area (Å²) in [6.45, 7) is 11.8. The molecule has 7 nitrogen and oxygen atoms in total. The molecular weight excluding hydrogens is 392 g/mol. The molecule has 2 bridgehead atoms. The van der Waals surface area contributed by atoms with Crippen molar-refractivity contribution in [2.45, 2.75) is 57.8 Å². The summed E-state index contributed by atoms with van der Waals surface area (Å²) in [7, 11) is 0. The predicted octanol–water partition coefficient (Wildman–Crippen LogP) is 3.04. The third kappa shape index (κ3) is 6.93. The molecule has 1 aromatic carbocycles. The zero-order chi connectivity index (χ0) is 22.4. The summed E-state index contributed by atoms with van der Waals surface area (Å²) >= 11 is 0. The molecule has 3 rings (SSSR count). The van der Waals surface area contributed by atoms with E-state index in [9.17, 15) is 9.90 Å². The zero-order valence-electron chi connectivity index (χ0n) is 19.1. The highest BCUT2D eigenvalue weighted by Gasteiger charge is 2.35. The van der Waals surface area contributed by atoms with E-state index in [-0.39, 0.29) is 17.7 Å². The van der Waals surface area contributed by atoms with Crippen LogP contribution in [0.2, 0.25) is 0 Å². The van der Waals surface area contributed by atoms with Gasteiger partial charge in [-0.05, 0) is 64.3 Å². The summed E-state index contributed by atoms with van der Waals surface area (Å²) in [5.74, 6) is 0. The van der Waals surface area contributed by atoms with Gasteiger partial charge in [-0.25, -0.2) is 4.79 Å². The molecule has 31 heavy (non-hydrogen) atoms. The smallest absolute Gasteiger partial charge is 0.407 e. The van der Waals surface area contributed by atoms with E-state index in [1.54, 1.807) is 0 Å². The first-order chi connectivity index (χ1) is 14.7. The van der Waals surface area contributed by atoms with Crippen molar-refractivity contribution in [2.75, 3.05) is 45.8 Å². The molecule has 0 spiro atoms. The Balaban J connectivity index is 1.38. The van der Waals surface area contributed by atoms with E-state index >= 15 is 0 Å². The van der Waals surface area contributed by atoms with Crippen LogP contribution in [0.3, 0.4) is 0 Å². The van der Waals surface area contributed by atoms with E-state index in [1.807, 2.05) is 32.9 Å². The first kappa shape index (κ1) is 23.5. The Morgan fingerprint density at radius 3 is 2.19 bits per heavy atom. The summed E-state index contributed by atoms with van der Waals surface area (Å²) in [5.41, 5.74) is 1.62. The predicted molar refractivity (Wildman–Crippen MR) is 120 cm³/mol. The molecule has 170 valence electrons. The number of hydrogen-bond donors (Lipinski definition) is 1. The van der Waals surface area contributed by atoms with Gasteiger partial charge in [-0.3, -0.25) is 9.80 Å². The average molecular weight is 429 g/mol. The Hall–Kier alpha value is -2.14. The summed E-state index contributed by atoms with van der Waals surface area (Å²) < 4.78 is 6.16. The van der Waals surface area contributed by atoms with E-state index in [2.05, 4.69) is 28.0 Å². The van der Waals surface area contributed by atoms with Crippen molar-refractivity contribution in [3.63, 3.8) is 0 Å². The molecule has 2 heterocycles. The fourth-order valence-corrected chi connectivity index (χ4v) is 4.60. The summed E-state index contributed by atoms with van der Waals surface area (Å²) in [6, 6.07) is 10.0. The van der Waals surface area contributed by atoms with Gasteiger partial charge >= 0.3 is 6.09 Å². The molecule has 7 heteroatoms. The van der Waals surface area contributed by atoms with Crippen molar-refractivity contribution >= 4 is 6.09 Å². The van der Waals surface area contributed by atoms with Crippen LogP contribution < -0.4 is 0 Å². The van der Waals surface area contributed by atoms with Crippen LogP contribution in [-0.2, 0) is 11.2 Å². The van der Waals surface area contributed by atoms with Crippen molar-refractivity contribution in [1.82, 2.24) is 14.7 Å². The van der Waals surface area contributed by atoms with Gasteiger partial charge < -0.3 is 14.7 Å². The number of aryl methyl sites for hydroxylation is 1. The number of carboxylic acid groups (broad SMARTS) is 1. The lowest BCUT2D eigenvalue weighted by molar-refractivity contribution is -0.139. The number of amides is 1. The number of nitriles is 1. The fraction of sp³-hybridized carbons (Fsp3) is 0.667. The van der Waals surface area contributed by atoms with Crippen molar-refractivity contribution in [3.8, 4) is 6.07 Å². The van der Waals surface area contributed by atoms with E-state index in [0.717, 1.165) is 58.5 Å². The number of hydrogen-bond acceptors (Lipinski definition) is 5. The van der Waals surface area contributed by atoms with Gasteiger partial charge in [-0.2, -0.15) is 5.26 Å². The molecule has 2 fully saturated rings. The Bertz CT molecular complexity index is 755. The molecule has 0 aromatic heterocycles. The first-order valence-corrected chi connectivity index (χ1v) is 11.3. The van der Waals surface area contributed by atoms with E-state index in [0.29, 0.717) is 12.1 Å². The Kier molecular flexibility index (Phi) is 7.93. The fourth-order valence-electron chi connectivity index (χ4n) is 4.60. The second-order valence-corrected chi connectivity index (χ2v) is 9.77. The van der Waals surface area contributed by atoms with Gasteiger partial charge in [0.1, 0.15) is 0 Å². The van der Waals surface area contributed by atoms with Gasteiger partial charge in [0.25, 0.3) is 0 Å². The van der Waals surface area contributed by atoms with Crippen LogP contribution >= 0.6 is 0 Å². The van der Waals surface area contributed by atoms with E-state index in [4.69, 9.17) is 10.00 Å². The molecule has 2 saturated heterocycles. The monoisotopic (exact) mass is 428 g/mol. The van der Waals surface area contributed by atoms with Crippen molar-refractivity contribution in [3.05, 3.63) is 35.4 Å². The molecule has 1 amide bonds. The number of carbonyl (C=O) groups is 1. The third-order valence-corrected chi connectivity index (χ3v) is 6.19. The summed E-state index contributed by atoms with van der Waals surface area (Å²) in [4.78, 5) is 18.0. The van der Waals surface area contributed by atoms with Gasteiger partial charge in [0, 0.05) is 44.8 Å². The number of unbranched alkanes of at least 4 members (excludes halogenated alkanes) is 1. The van der Waals surface area contributed by atoms with Gasteiger partial charge in [0.05, 0.1) is 23.8 Å². The van der Waals surface area contributed by atoms with Gasteiger partial charge in [0.2, 0.25) is 0 Å². The second kappa shape index (κ2) is 10.4. The molecule has 2 aliphatic heterocycles. The van der Waals surface area contributed by atoms with Crippen molar-refractivity contribution in [1.29, 1.82) is 5.26 Å². The van der Waals surface area contributed by atoms with E-state index < -0.39 is 6.09 Å². The number of nitrogens with zero attached hydrogens (tertiary/aromatic N) is 4. The lowest BCUT2D eigenvalue weighted by Gasteiger charge is -2.46. The largest absolute Gasteiger partial charge is 0.465 e. The topological polar surface area (TPSA) is 80.0 Å². The quantitative estimate of drug-likeness (QED) is 0.641. The Morgan fingerprint density at radius 1 is 1.10 bits per heavy atom. The van der Waals surface area contributed by atoms with Crippen LogP contribution in [0.15, 0.2) is 24.3 Å². The van der Waals surface area contributed by atoms with Gasteiger partial charge in [-0.1, -0.05) is 12.1 Å². The van der Waals surface area contributed by atoms with Crippen LogP contribution in [0.25, 0.3) is 0 Å². The minimum Gasteiger partial charge on any atom is -0.465 e. The molecule has 0 aliphatic carbocycles. The maximum atomic E-state index is 11.6. The number of fused-ring (bicyclic) bond motifs is 2. The molecule has 2 unspecified atom stereocenters. The highest BCUT2D eigenvalue weighted by molar-refractivity contribution is 5.65. The molecule has 2 atom stereocenters. The maximum absolute atomic E-state index is 11.6. The lowest BCUT2D eigenvalue weighted by Crippen LogP contribution is -2.60. The highest BCUT2D eigenvalue weighted by Crippen LogP contribution is 2.21. The molecule has 2 aliphatic rings.